The van der Waals surface area contributed by atoms with Crippen LogP contribution in [0.5, 0.6) is 11.5 Å². The van der Waals surface area contributed by atoms with E-state index in [9.17, 15) is 4.79 Å². The van der Waals surface area contributed by atoms with Crippen molar-refractivity contribution in [1.82, 2.24) is 14.9 Å². The van der Waals surface area contributed by atoms with Crippen LogP contribution in [0.25, 0.3) is 6.08 Å². The van der Waals surface area contributed by atoms with Gasteiger partial charge in [0.15, 0.2) is 11.5 Å². The van der Waals surface area contributed by atoms with E-state index in [1.165, 1.54) is 0 Å². The molecule has 8 nitrogen and oxygen atoms in total. The number of carbonyl (C=O) groups excluding carboxylic acids is 1. The van der Waals surface area contributed by atoms with Crippen LogP contribution in [0.15, 0.2) is 30.3 Å². The number of hydrogen-bond acceptors (Lipinski definition) is 7. The van der Waals surface area contributed by atoms with Crippen LogP contribution in [0.2, 0.25) is 0 Å². The quantitative estimate of drug-likeness (QED) is 0.733. The number of hydrogen-bond donors (Lipinski definition) is 0. The molecule has 2 aliphatic heterocycles. The minimum absolute atomic E-state index is 0.00941. The molecule has 4 rings (SSSR count). The van der Waals surface area contributed by atoms with Gasteiger partial charge in [0, 0.05) is 52.4 Å². The van der Waals surface area contributed by atoms with Crippen LogP contribution in [0.1, 0.15) is 11.4 Å². The van der Waals surface area contributed by atoms with Crippen LogP contribution in [0.3, 0.4) is 0 Å². The monoisotopic (exact) mass is 395 g/mol. The van der Waals surface area contributed by atoms with Crippen molar-refractivity contribution in [3.8, 4) is 11.5 Å². The highest BCUT2D eigenvalue weighted by Crippen LogP contribution is 2.32. The number of piperazine rings is 1. The molecule has 0 bridgehead atoms. The second-order valence-electron chi connectivity index (χ2n) is 7.28. The van der Waals surface area contributed by atoms with Gasteiger partial charge in [-0.25, -0.2) is 9.97 Å². The summed E-state index contributed by atoms with van der Waals surface area (Å²) < 4.78 is 10.7. The maximum absolute atomic E-state index is 12.6. The number of fused-ring (bicyclic) bond motifs is 1. The summed E-state index contributed by atoms with van der Waals surface area (Å²) in [4.78, 5) is 27.6. The topological polar surface area (TPSA) is 71.0 Å². The fraction of sp³-hybridized carbons (Fsp3) is 0.381. The van der Waals surface area contributed by atoms with Crippen molar-refractivity contribution >= 4 is 23.6 Å². The van der Waals surface area contributed by atoms with E-state index in [2.05, 4.69) is 14.9 Å². The van der Waals surface area contributed by atoms with E-state index in [0.717, 1.165) is 41.9 Å². The highest BCUT2D eigenvalue weighted by atomic mass is 16.7. The first-order valence-corrected chi connectivity index (χ1v) is 9.64. The molecule has 0 radical (unpaired) electrons. The molecule has 8 heteroatoms. The van der Waals surface area contributed by atoms with E-state index in [1.54, 1.807) is 6.08 Å². The summed E-state index contributed by atoms with van der Waals surface area (Å²) >= 11 is 0. The van der Waals surface area contributed by atoms with Gasteiger partial charge in [0.05, 0.1) is 0 Å². The number of carbonyl (C=O) groups is 1. The summed E-state index contributed by atoms with van der Waals surface area (Å²) in [6.45, 7) is 4.94. The molecular formula is C21H25N5O3. The third-order valence-electron chi connectivity index (χ3n) is 5.00. The Bertz CT molecular complexity index is 936. The van der Waals surface area contributed by atoms with Crippen molar-refractivity contribution in [1.29, 1.82) is 0 Å². The lowest BCUT2D eigenvalue weighted by Gasteiger charge is -2.35. The van der Waals surface area contributed by atoms with E-state index in [1.807, 2.05) is 61.2 Å². The maximum atomic E-state index is 12.6. The Morgan fingerprint density at radius 2 is 1.83 bits per heavy atom. The third kappa shape index (κ3) is 4.26. The molecule has 1 aromatic heterocycles. The molecule has 0 spiro atoms. The molecule has 1 amide bonds. The lowest BCUT2D eigenvalue weighted by Crippen LogP contribution is -2.48. The molecule has 29 heavy (non-hydrogen) atoms. The first-order chi connectivity index (χ1) is 14.0. The van der Waals surface area contributed by atoms with Crippen LogP contribution in [-0.4, -0.2) is 67.8 Å². The van der Waals surface area contributed by atoms with Gasteiger partial charge in [-0.05, 0) is 30.7 Å². The Labute approximate surface area is 170 Å². The second-order valence-corrected chi connectivity index (χ2v) is 7.28. The zero-order valence-corrected chi connectivity index (χ0v) is 17.0. The molecule has 2 aliphatic rings. The summed E-state index contributed by atoms with van der Waals surface area (Å²) in [6, 6.07) is 7.64. The SMILES string of the molecule is Cc1nc(N(C)C)cc(N2CCN(C(=O)/C=C/c3ccc4c(c3)OCO4)CC2)n1. The standard InChI is InChI=1S/C21H25N5O3/c1-15-22-19(24(2)3)13-20(23-15)25-8-10-26(11-9-25)21(27)7-5-16-4-6-17-18(12-16)29-14-28-17/h4-7,12-13H,8-11,14H2,1-3H3/b7-5+. The molecule has 1 fully saturated rings. The Balaban J connectivity index is 1.36. The normalized spacial score (nSPS) is 15.8. The van der Waals surface area contributed by atoms with Crippen LogP contribution < -0.4 is 19.3 Å². The number of ether oxygens (including phenoxy) is 2. The zero-order chi connectivity index (χ0) is 20.4. The molecule has 0 unspecified atom stereocenters. The summed E-state index contributed by atoms with van der Waals surface area (Å²) in [5, 5.41) is 0. The summed E-state index contributed by atoms with van der Waals surface area (Å²) in [5.74, 6) is 4.00. The lowest BCUT2D eigenvalue weighted by molar-refractivity contribution is -0.126. The minimum atomic E-state index is 0.00941. The van der Waals surface area contributed by atoms with Gasteiger partial charge in [-0.2, -0.15) is 0 Å². The lowest BCUT2D eigenvalue weighted by atomic mass is 10.2. The summed E-state index contributed by atoms with van der Waals surface area (Å²) in [6.07, 6.45) is 3.43. The van der Waals surface area contributed by atoms with Crippen LogP contribution >= 0.6 is 0 Å². The number of aromatic nitrogens is 2. The highest BCUT2D eigenvalue weighted by Gasteiger charge is 2.21. The molecule has 0 N–H and O–H groups in total. The van der Waals surface area contributed by atoms with Gasteiger partial charge in [0.1, 0.15) is 17.5 Å². The molecule has 152 valence electrons. The average Bonchev–Trinajstić information content (AvgIpc) is 3.19. The Kier molecular flexibility index (Phi) is 5.24. The summed E-state index contributed by atoms with van der Waals surface area (Å²) in [5.41, 5.74) is 0.911. The first-order valence-electron chi connectivity index (χ1n) is 9.64. The third-order valence-corrected chi connectivity index (χ3v) is 5.00. The van der Waals surface area contributed by atoms with Gasteiger partial charge in [0.25, 0.3) is 0 Å². The molecule has 1 saturated heterocycles. The molecule has 0 atom stereocenters. The van der Waals surface area contributed by atoms with Gasteiger partial charge in [-0.1, -0.05) is 6.07 Å². The molecule has 1 aromatic carbocycles. The van der Waals surface area contributed by atoms with Crippen molar-refractivity contribution in [3.63, 3.8) is 0 Å². The minimum Gasteiger partial charge on any atom is -0.454 e. The highest BCUT2D eigenvalue weighted by molar-refractivity contribution is 5.92. The number of nitrogens with zero attached hydrogens (tertiary/aromatic N) is 5. The number of anilines is 2. The molecule has 0 saturated carbocycles. The zero-order valence-electron chi connectivity index (χ0n) is 17.0. The second kappa shape index (κ2) is 7.98. The molecule has 3 heterocycles. The van der Waals surface area contributed by atoms with Gasteiger partial charge in [-0.3, -0.25) is 4.79 Å². The van der Waals surface area contributed by atoms with E-state index in [-0.39, 0.29) is 12.7 Å². The average molecular weight is 395 g/mol. The molecule has 0 aliphatic carbocycles. The van der Waals surface area contributed by atoms with E-state index < -0.39 is 0 Å². The van der Waals surface area contributed by atoms with Gasteiger partial charge in [-0.15, -0.1) is 0 Å². The Morgan fingerprint density at radius 1 is 1.07 bits per heavy atom. The first kappa shape index (κ1) is 19.0. The number of amides is 1. The Hall–Kier alpha value is -3.29. The molecule has 2 aromatic rings. The predicted molar refractivity (Wildman–Crippen MR) is 111 cm³/mol. The van der Waals surface area contributed by atoms with Crippen molar-refractivity contribution < 1.29 is 14.3 Å². The smallest absolute Gasteiger partial charge is 0.246 e. The van der Waals surface area contributed by atoms with Crippen LogP contribution in [0, 0.1) is 6.92 Å². The van der Waals surface area contributed by atoms with Crippen molar-refractivity contribution in [2.24, 2.45) is 0 Å². The van der Waals surface area contributed by atoms with Crippen LogP contribution in [-0.2, 0) is 4.79 Å². The number of rotatable bonds is 4. The number of benzene rings is 1. The van der Waals surface area contributed by atoms with E-state index in [4.69, 9.17) is 9.47 Å². The van der Waals surface area contributed by atoms with E-state index in [0.29, 0.717) is 18.8 Å². The van der Waals surface area contributed by atoms with Crippen molar-refractivity contribution in [2.75, 3.05) is 56.9 Å². The van der Waals surface area contributed by atoms with Gasteiger partial charge in [0.2, 0.25) is 12.7 Å². The largest absolute Gasteiger partial charge is 0.454 e. The van der Waals surface area contributed by atoms with Gasteiger partial charge >= 0.3 is 0 Å². The predicted octanol–water partition coefficient (Wildman–Crippen LogP) is 1.94. The van der Waals surface area contributed by atoms with Gasteiger partial charge < -0.3 is 24.2 Å². The van der Waals surface area contributed by atoms with E-state index >= 15 is 0 Å². The molecular weight excluding hydrogens is 370 g/mol. The summed E-state index contributed by atoms with van der Waals surface area (Å²) in [7, 11) is 3.93. The fourth-order valence-electron chi connectivity index (χ4n) is 3.37. The maximum Gasteiger partial charge on any atom is 0.246 e. The van der Waals surface area contributed by atoms with Crippen LogP contribution in [0.4, 0.5) is 11.6 Å². The Morgan fingerprint density at radius 3 is 2.59 bits per heavy atom. The fourth-order valence-corrected chi connectivity index (χ4v) is 3.37. The van der Waals surface area contributed by atoms with Crippen molar-refractivity contribution in [2.45, 2.75) is 6.92 Å². The number of aryl methyl sites for hydroxylation is 1. The van der Waals surface area contributed by atoms with Crippen molar-refractivity contribution in [3.05, 3.63) is 41.7 Å².